The lowest BCUT2D eigenvalue weighted by Crippen LogP contribution is -1.98. The predicted molar refractivity (Wildman–Crippen MR) is 62.3 cm³/mol. The smallest absolute Gasteiger partial charge is 0.130 e. The molecule has 0 saturated carbocycles. The van der Waals surface area contributed by atoms with Crippen LogP contribution in [0.15, 0.2) is 23.8 Å². The zero-order valence-electron chi connectivity index (χ0n) is 9.89. The highest BCUT2D eigenvalue weighted by molar-refractivity contribution is 5.75. The van der Waals surface area contributed by atoms with Crippen LogP contribution in [0.4, 0.5) is 0 Å². The van der Waals surface area contributed by atoms with Gasteiger partial charge in [-0.3, -0.25) is 0 Å². The van der Waals surface area contributed by atoms with Gasteiger partial charge in [-0.2, -0.15) is 0 Å². The van der Waals surface area contributed by atoms with E-state index < -0.39 is 0 Å². The Hall–Kier alpha value is -0.850. The highest BCUT2D eigenvalue weighted by Gasteiger charge is 2.04. The minimum Gasteiger partial charge on any atom is -0.300 e. The lowest BCUT2D eigenvalue weighted by atomic mass is 9.95. The summed E-state index contributed by atoms with van der Waals surface area (Å²) in [5, 5.41) is 0. The summed E-state index contributed by atoms with van der Waals surface area (Å²) in [6.07, 6.45) is 4.72. The number of rotatable bonds is 6. The van der Waals surface area contributed by atoms with Crippen LogP contribution < -0.4 is 0 Å². The summed E-state index contributed by atoms with van der Waals surface area (Å²) >= 11 is 0. The maximum absolute atomic E-state index is 10.9. The molecule has 0 unspecified atom stereocenters. The van der Waals surface area contributed by atoms with Crippen molar-refractivity contribution >= 4 is 5.78 Å². The summed E-state index contributed by atoms with van der Waals surface area (Å²) in [7, 11) is 0. The van der Waals surface area contributed by atoms with Gasteiger partial charge in [0.2, 0.25) is 0 Å². The second-order valence-electron chi connectivity index (χ2n) is 4.30. The maximum Gasteiger partial charge on any atom is 0.130 e. The molecule has 0 heterocycles. The third-order valence-electron chi connectivity index (χ3n) is 2.22. The number of hydrogen-bond acceptors (Lipinski definition) is 1. The lowest BCUT2D eigenvalue weighted by molar-refractivity contribution is -0.116. The first-order valence-corrected chi connectivity index (χ1v) is 5.26. The van der Waals surface area contributed by atoms with Gasteiger partial charge in [-0.1, -0.05) is 37.6 Å². The quantitative estimate of drug-likeness (QED) is 0.586. The zero-order valence-corrected chi connectivity index (χ0v) is 9.89. The average molecular weight is 194 g/mol. The van der Waals surface area contributed by atoms with E-state index in [-0.39, 0.29) is 5.78 Å². The topological polar surface area (TPSA) is 17.1 Å². The molecule has 0 aliphatic heterocycles. The van der Waals surface area contributed by atoms with Gasteiger partial charge in [0.25, 0.3) is 0 Å². The van der Waals surface area contributed by atoms with Crippen LogP contribution in [0.2, 0.25) is 0 Å². The minimum atomic E-state index is 0.270. The first-order chi connectivity index (χ1) is 6.43. The average Bonchev–Trinajstić information content (AvgIpc) is 2.02. The number of Topliss-reactive ketones (excluding diaryl/α,β-unsaturated/α-hetero) is 1. The van der Waals surface area contributed by atoms with Gasteiger partial charge in [-0.05, 0) is 32.6 Å². The van der Waals surface area contributed by atoms with Gasteiger partial charge < -0.3 is 4.79 Å². The van der Waals surface area contributed by atoms with Crippen LogP contribution in [0.25, 0.3) is 0 Å². The van der Waals surface area contributed by atoms with Gasteiger partial charge in [0.05, 0.1) is 0 Å². The number of allylic oxidation sites excluding steroid dienone is 3. The van der Waals surface area contributed by atoms with Crippen molar-refractivity contribution in [3.05, 3.63) is 23.8 Å². The van der Waals surface area contributed by atoms with Crippen LogP contribution in [-0.2, 0) is 4.79 Å². The molecular formula is C13H22O. The van der Waals surface area contributed by atoms with Crippen molar-refractivity contribution in [2.24, 2.45) is 5.92 Å². The van der Waals surface area contributed by atoms with E-state index >= 15 is 0 Å². The van der Waals surface area contributed by atoms with Crippen LogP contribution in [0.1, 0.15) is 47.0 Å². The molecule has 0 atom stereocenters. The molecule has 1 heteroatoms. The highest BCUT2D eigenvalue weighted by Crippen LogP contribution is 2.18. The van der Waals surface area contributed by atoms with Gasteiger partial charge in [-0.15, -0.1) is 0 Å². The summed E-state index contributed by atoms with van der Waals surface area (Å²) in [6.45, 7) is 11.9. The van der Waals surface area contributed by atoms with E-state index in [4.69, 9.17) is 0 Å². The van der Waals surface area contributed by atoms with E-state index in [1.807, 2.05) is 6.92 Å². The van der Waals surface area contributed by atoms with Crippen LogP contribution in [0, 0.1) is 5.92 Å². The van der Waals surface area contributed by atoms with Crippen molar-refractivity contribution in [3.8, 4) is 0 Å². The van der Waals surface area contributed by atoms with Crippen molar-refractivity contribution in [3.63, 3.8) is 0 Å². The normalized spacial score (nSPS) is 11.9. The van der Waals surface area contributed by atoms with Gasteiger partial charge in [-0.25, -0.2) is 0 Å². The number of carbonyl (C=O) groups excluding carboxylic acids is 1. The summed E-state index contributed by atoms with van der Waals surface area (Å²) in [5.74, 6) is 0.806. The Morgan fingerprint density at radius 1 is 1.29 bits per heavy atom. The molecule has 0 aromatic carbocycles. The molecule has 14 heavy (non-hydrogen) atoms. The standard InChI is InChI=1S/C13H22O/c1-10(2)6-8-13(11(3)4)9-7-12(5)14/h8,11H,1,6-7,9H2,2-5H3/b13-8-. The molecule has 0 aliphatic carbocycles. The highest BCUT2D eigenvalue weighted by atomic mass is 16.1. The van der Waals surface area contributed by atoms with Crippen molar-refractivity contribution in [2.45, 2.75) is 47.0 Å². The van der Waals surface area contributed by atoms with Crippen LogP contribution >= 0.6 is 0 Å². The van der Waals surface area contributed by atoms with Crippen LogP contribution in [0.3, 0.4) is 0 Å². The molecular weight excluding hydrogens is 172 g/mol. The van der Waals surface area contributed by atoms with Crippen molar-refractivity contribution < 1.29 is 4.79 Å². The Morgan fingerprint density at radius 2 is 1.86 bits per heavy atom. The summed E-state index contributed by atoms with van der Waals surface area (Å²) in [4.78, 5) is 10.9. The SMILES string of the molecule is C=C(C)C/C=C(/CCC(C)=O)C(C)C. The van der Waals surface area contributed by atoms with E-state index in [1.54, 1.807) is 6.92 Å². The predicted octanol–water partition coefficient (Wildman–Crippen LogP) is 3.90. The van der Waals surface area contributed by atoms with E-state index in [2.05, 4.69) is 26.5 Å². The zero-order chi connectivity index (χ0) is 11.1. The molecule has 0 aromatic heterocycles. The number of hydrogen-bond donors (Lipinski definition) is 0. The van der Waals surface area contributed by atoms with Gasteiger partial charge in [0.15, 0.2) is 0 Å². The fraction of sp³-hybridized carbons (Fsp3) is 0.615. The molecule has 0 aliphatic rings. The molecule has 0 amide bonds. The van der Waals surface area contributed by atoms with Crippen molar-refractivity contribution in [1.82, 2.24) is 0 Å². The summed E-state index contributed by atoms with van der Waals surface area (Å²) < 4.78 is 0. The Bertz CT molecular complexity index is 234. The molecule has 0 radical (unpaired) electrons. The first-order valence-electron chi connectivity index (χ1n) is 5.26. The third-order valence-corrected chi connectivity index (χ3v) is 2.22. The molecule has 0 fully saturated rings. The van der Waals surface area contributed by atoms with E-state index in [1.165, 1.54) is 11.1 Å². The number of ketones is 1. The monoisotopic (exact) mass is 194 g/mol. The molecule has 0 rings (SSSR count). The summed E-state index contributed by atoms with van der Waals surface area (Å²) in [5.41, 5.74) is 2.55. The van der Waals surface area contributed by atoms with Gasteiger partial charge in [0, 0.05) is 6.42 Å². The Balaban J connectivity index is 4.21. The Labute approximate surface area is 87.9 Å². The molecule has 1 nitrogen and oxygen atoms in total. The second kappa shape index (κ2) is 6.58. The van der Waals surface area contributed by atoms with E-state index in [0.717, 1.165) is 12.8 Å². The maximum atomic E-state index is 10.9. The second-order valence-corrected chi connectivity index (χ2v) is 4.30. The number of carbonyl (C=O) groups is 1. The third kappa shape index (κ3) is 6.64. The van der Waals surface area contributed by atoms with Crippen molar-refractivity contribution in [2.75, 3.05) is 0 Å². The Kier molecular flexibility index (Phi) is 6.18. The fourth-order valence-electron chi connectivity index (χ4n) is 1.25. The van der Waals surface area contributed by atoms with E-state index in [0.29, 0.717) is 12.3 Å². The fourth-order valence-corrected chi connectivity index (χ4v) is 1.25. The lowest BCUT2D eigenvalue weighted by Gasteiger charge is -2.10. The first kappa shape index (κ1) is 13.2. The molecule has 0 saturated heterocycles. The van der Waals surface area contributed by atoms with E-state index in [9.17, 15) is 4.79 Å². The van der Waals surface area contributed by atoms with Gasteiger partial charge in [0.1, 0.15) is 5.78 Å². The molecule has 0 N–H and O–H groups in total. The summed E-state index contributed by atoms with van der Waals surface area (Å²) in [6, 6.07) is 0. The Morgan fingerprint density at radius 3 is 2.21 bits per heavy atom. The molecule has 0 spiro atoms. The molecule has 0 bridgehead atoms. The van der Waals surface area contributed by atoms with Gasteiger partial charge >= 0.3 is 0 Å². The van der Waals surface area contributed by atoms with Crippen LogP contribution in [0.5, 0.6) is 0 Å². The molecule has 0 aromatic rings. The minimum absolute atomic E-state index is 0.270. The largest absolute Gasteiger partial charge is 0.300 e. The van der Waals surface area contributed by atoms with Crippen molar-refractivity contribution in [1.29, 1.82) is 0 Å². The van der Waals surface area contributed by atoms with Crippen LogP contribution in [-0.4, -0.2) is 5.78 Å². The molecule has 80 valence electrons.